The SMILES string of the molecule is CCC(=O)N1N=C(c2ccc(OC)cc2)CC1c1ccc(Cl)cc1Cl. The third-order valence-electron chi connectivity index (χ3n) is 4.21. The van der Waals surface area contributed by atoms with Crippen LogP contribution in [0, 0.1) is 0 Å². The smallest absolute Gasteiger partial charge is 0.242 e. The molecule has 2 aromatic carbocycles. The van der Waals surface area contributed by atoms with Gasteiger partial charge in [0, 0.05) is 22.9 Å². The molecule has 0 N–H and O–H groups in total. The number of nitrogens with zero attached hydrogens (tertiary/aromatic N) is 2. The van der Waals surface area contributed by atoms with Crippen LogP contribution in [0.3, 0.4) is 0 Å². The minimum absolute atomic E-state index is 0.0421. The predicted molar refractivity (Wildman–Crippen MR) is 100 cm³/mol. The van der Waals surface area contributed by atoms with Crippen molar-refractivity contribution in [2.75, 3.05) is 7.11 Å². The molecule has 0 saturated heterocycles. The zero-order valence-electron chi connectivity index (χ0n) is 14.0. The summed E-state index contributed by atoms with van der Waals surface area (Å²) in [6, 6.07) is 12.8. The van der Waals surface area contributed by atoms with Crippen molar-refractivity contribution in [3.8, 4) is 5.75 Å². The van der Waals surface area contributed by atoms with Crippen LogP contribution in [0.15, 0.2) is 47.6 Å². The van der Waals surface area contributed by atoms with E-state index in [-0.39, 0.29) is 11.9 Å². The molecule has 0 radical (unpaired) electrons. The molecule has 1 amide bonds. The molecule has 1 aliphatic rings. The van der Waals surface area contributed by atoms with Gasteiger partial charge in [-0.2, -0.15) is 5.10 Å². The zero-order chi connectivity index (χ0) is 18.0. The first-order valence-corrected chi connectivity index (χ1v) is 8.78. The summed E-state index contributed by atoms with van der Waals surface area (Å²) in [5, 5.41) is 7.22. The normalized spacial score (nSPS) is 16.7. The van der Waals surface area contributed by atoms with E-state index >= 15 is 0 Å². The number of halogens is 2. The summed E-state index contributed by atoms with van der Waals surface area (Å²) in [5.74, 6) is 0.737. The van der Waals surface area contributed by atoms with Crippen molar-refractivity contribution in [2.24, 2.45) is 5.10 Å². The Kier molecular flexibility index (Phi) is 5.30. The fourth-order valence-electron chi connectivity index (χ4n) is 2.87. The largest absolute Gasteiger partial charge is 0.497 e. The van der Waals surface area contributed by atoms with Gasteiger partial charge in [0.15, 0.2) is 0 Å². The van der Waals surface area contributed by atoms with Gasteiger partial charge in [-0.05, 0) is 47.5 Å². The standard InChI is InChI=1S/C19H18Cl2N2O2/c1-3-19(24)23-18(15-9-6-13(20)10-16(15)21)11-17(22-23)12-4-7-14(25-2)8-5-12/h4-10,18H,3,11H2,1-2H3. The summed E-state index contributed by atoms with van der Waals surface area (Å²) in [7, 11) is 1.63. The number of methoxy groups -OCH3 is 1. The van der Waals surface area contributed by atoms with Crippen LogP contribution in [0.2, 0.25) is 10.0 Å². The average Bonchev–Trinajstić information content (AvgIpc) is 3.06. The lowest BCUT2D eigenvalue weighted by Gasteiger charge is -2.22. The molecule has 6 heteroatoms. The van der Waals surface area contributed by atoms with Crippen molar-refractivity contribution in [1.29, 1.82) is 0 Å². The third-order valence-corrected chi connectivity index (χ3v) is 4.78. The van der Waals surface area contributed by atoms with Gasteiger partial charge >= 0.3 is 0 Å². The van der Waals surface area contributed by atoms with Gasteiger partial charge in [0.1, 0.15) is 5.75 Å². The van der Waals surface area contributed by atoms with E-state index in [1.165, 1.54) is 5.01 Å². The molecule has 1 unspecified atom stereocenters. The minimum atomic E-state index is -0.227. The second kappa shape index (κ2) is 7.46. The number of carbonyl (C=O) groups is 1. The molecule has 0 fully saturated rings. The molecule has 2 aromatic rings. The Morgan fingerprint density at radius 1 is 1.24 bits per heavy atom. The van der Waals surface area contributed by atoms with Crippen molar-refractivity contribution >= 4 is 34.8 Å². The number of hydrogen-bond acceptors (Lipinski definition) is 3. The van der Waals surface area contributed by atoms with E-state index in [9.17, 15) is 4.79 Å². The molecular formula is C19H18Cl2N2O2. The van der Waals surface area contributed by atoms with Crippen LogP contribution in [-0.2, 0) is 4.79 Å². The lowest BCUT2D eigenvalue weighted by atomic mass is 9.98. The van der Waals surface area contributed by atoms with E-state index in [2.05, 4.69) is 5.10 Å². The predicted octanol–water partition coefficient (Wildman–Crippen LogP) is 5.09. The number of rotatable bonds is 4. The van der Waals surface area contributed by atoms with Crippen LogP contribution in [0.25, 0.3) is 0 Å². The van der Waals surface area contributed by atoms with Crippen LogP contribution >= 0.6 is 23.2 Å². The van der Waals surface area contributed by atoms with E-state index in [0.29, 0.717) is 22.9 Å². The van der Waals surface area contributed by atoms with E-state index < -0.39 is 0 Å². The van der Waals surface area contributed by atoms with Gasteiger partial charge in [0.25, 0.3) is 0 Å². The van der Waals surface area contributed by atoms with Crippen LogP contribution in [0.5, 0.6) is 5.75 Å². The fraction of sp³-hybridized carbons (Fsp3) is 0.263. The molecular weight excluding hydrogens is 359 g/mol. The number of hydrazone groups is 1. The Bertz CT molecular complexity index is 819. The van der Waals surface area contributed by atoms with Crippen molar-refractivity contribution < 1.29 is 9.53 Å². The number of hydrogen-bond donors (Lipinski definition) is 0. The van der Waals surface area contributed by atoms with Gasteiger partial charge in [-0.15, -0.1) is 0 Å². The Morgan fingerprint density at radius 3 is 2.56 bits per heavy atom. The molecule has 1 heterocycles. The molecule has 25 heavy (non-hydrogen) atoms. The van der Waals surface area contributed by atoms with Gasteiger partial charge in [-0.25, -0.2) is 5.01 Å². The molecule has 0 aromatic heterocycles. The average molecular weight is 377 g/mol. The quantitative estimate of drug-likeness (QED) is 0.745. The molecule has 0 saturated carbocycles. The highest BCUT2D eigenvalue weighted by Gasteiger charge is 2.33. The Balaban J connectivity index is 1.96. The topological polar surface area (TPSA) is 41.9 Å². The summed E-state index contributed by atoms with van der Waals surface area (Å²) in [5.41, 5.74) is 2.66. The van der Waals surface area contributed by atoms with Gasteiger partial charge < -0.3 is 4.74 Å². The summed E-state index contributed by atoms with van der Waals surface area (Å²) < 4.78 is 5.19. The molecule has 130 valence electrons. The van der Waals surface area contributed by atoms with Crippen LogP contribution in [0.4, 0.5) is 0 Å². The maximum absolute atomic E-state index is 12.4. The van der Waals surface area contributed by atoms with Crippen LogP contribution in [0.1, 0.15) is 36.9 Å². The zero-order valence-corrected chi connectivity index (χ0v) is 15.5. The van der Waals surface area contributed by atoms with Gasteiger partial charge in [-0.1, -0.05) is 36.2 Å². The lowest BCUT2D eigenvalue weighted by molar-refractivity contribution is -0.132. The van der Waals surface area contributed by atoms with E-state index in [1.54, 1.807) is 19.2 Å². The number of ether oxygens (including phenoxy) is 1. The van der Waals surface area contributed by atoms with Crippen molar-refractivity contribution in [3.63, 3.8) is 0 Å². The van der Waals surface area contributed by atoms with Gasteiger partial charge in [-0.3, -0.25) is 4.79 Å². The molecule has 1 atom stereocenters. The summed E-state index contributed by atoms with van der Waals surface area (Å²) >= 11 is 12.4. The van der Waals surface area contributed by atoms with E-state index in [4.69, 9.17) is 27.9 Å². The highest BCUT2D eigenvalue weighted by Crippen LogP contribution is 2.37. The Morgan fingerprint density at radius 2 is 1.96 bits per heavy atom. The van der Waals surface area contributed by atoms with Gasteiger partial charge in [0.2, 0.25) is 5.91 Å². The molecule has 0 bridgehead atoms. The van der Waals surface area contributed by atoms with E-state index in [1.807, 2.05) is 37.3 Å². The first-order chi connectivity index (χ1) is 12.0. The maximum atomic E-state index is 12.4. The minimum Gasteiger partial charge on any atom is -0.497 e. The summed E-state index contributed by atoms with van der Waals surface area (Å²) in [6.45, 7) is 1.82. The van der Waals surface area contributed by atoms with Gasteiger partial charge in [0.05, 0.1) is 18.9 Å². The lowest BCUT2D eigenvalue weighted by Crippen LogP contribution is -2.26. The molecule has 0 spiro atoms. The number of carbonyl (C=O) groups excluding carboxylic acids is 1. The third kappa shape index (κ3) is 3.65. The maximum Gasteiger partial charge on any atom is 0.242 e. The summed E-state index contributed by atoms with van der Waals surface area (Å²) in [6.07, 6.45) is 0.973. The summed E-state index contributed by atoms with van der Waals surface area (Å²) in [4.78, 5) is 12.4. The molecule has 4 nitrogen and oxygen atoms in total. The monoisotopic (exact) mass is 376 g/mol. The first kappa shape index (κ1) is 17.8. The second-order valence-corrected chi connectivity index (χ2v) is 6.60. The van der Waals surface area contributed by atoms with E-state index in [0.717, 1.165) is 22.6 Å². The van der Waals surface area contributed by atoms with Crippen molar-refractivity contribution in [3.05, 3.63) is 63.6 Å². The number of amides is 1. The van der Waals surface area contributed by atoms with Crippen molar-refractivity contribution in [1.82, 2.24) is 5.01 Å². The molecule has 0 aliphatic carbocycles. The first-order valence-electron chi connectivity index (χ1n) is 8.02. The highest BCUT2D eigenvalue weighted by atomic mass is 35.5. The fourth-order valence-corrected chi connectivity index (χ4v) is 3.41. The van der Waals surface area contributed by atoms with Crippen molar-refractivity contribution in [2.45, 2.75) is 25.8 Å². The van der Waals surface area contributed by atoms with Crippen LogP contribution in [-0.4, -0.2) is 23.7 Å². The number of benzene rings is 2. The molecule has 1 aliphatic heterocycles. The highest BCUT2D eigenvalue weighted by molar-refractivity contribution is 6.35. The Labute approximate surface area is 157 Å². The van der Waals surface area contributed by atoms with Crippen LogP contribution < -0.4 is 4.74 Å². The second-order valence-electron chi connectivity index (χ2n) is 5.75. The Hall–Kier alpha value is -2.04. The molecule has 3 rings (SSSR count).